The average molecular weight is 319 g/mol. The lowest BCUT2D eigenvalue weighted by Gasteiger charge is -2.21. The molecule has 0 unspecified atom stereocenters. The first-order chi connectivity index (χ1) is 9.32. The van der Waals surface area contributed by atoms with Crippen LogP contribution < -0.4 is 5.32 Å². The van der Waals surface area contributed by atoms with Crippen molar-refractivity contribution in [1.82, 2.24) is 9.62 Å². The van der Waals surface area contributed by atoms with Crippen LogP contribution in [0, 0.1) is 6.92 Å². The summed E-state index contributed by atoms with van der Waals surface area (Å²) in [5.41, 5.74) is 0.601. The number of aryl methyl sites for hydroxylation is 1. The van der Waals surface area contributed by atoms with E-state index in [2.05, 4.69) is 5.32 Å². The molecule has 0 saturated carbocycles. The maximum absolute atomic E-state index is 12.6. The molecule has 0 aliphatic rings. The number of likely N-dealkylation sites (N-methyl/N-ethyl adjacent to an activating group) is 2. The number of amides is 1. The van der Waals surface area contributed by atoms with Gasteiger partial charge in [0.2, 0.25) is 15.9 Å². The summed E-state index contributed by atoms with van der Waals surface area (Å²) >= 11 is 5.86. The molecule has 5 nitrogen and oxygen atoms in total. The van der Waals surface area contributed by atoms with Crippen molar-refractivity contribution in [2.75, 3.05) is 19.6 Å². The van der Waals surface area contributed by atoms with E-state index in [-0.39, 0.29) is 23.9 Å². The van der Waals surface area contributed by atoms with Crippen LogP contribution in [0.1, 0.15) is 19.4 Å². The van der Waals surface area contributed by atoms with E-state index in [4.69, 9.17) is 11.6 Å². The molecular formula is C13H19ClN2O3S. The number of hydrogen-bond acceptors (Lipinski definition) is 3. The minimum atomic E-state index is -3.73. The zero-order chi connectivity index (χ0) is 15.3. The van der Waals surface area contributed by atoms with Crippen LogP contribution in [0.2, 0.25) is 5.02 Å². The molecule has 0 atom stereocenters. The fraction of sp³-hybridized carbons (Fsp3) is 0.462. The topological polar surface area (TPSA) is 66.5 Å². The van der Waals surface area contributed by atoms with E-state index in [1.54, 1.807) is 32.9 Å². The van der Waals surface area contributed by atoms with E-state index in [1.165, 1.54) is 6.07 Å². The molecule has 1 aromatic rings. The van der Waals surface area contributed by atoms with E-state index < -0.39 is 10.0 Å². The highest BCUT2D eigenvalue weighted by molar-refractivity contribution is 7.89. The van der Waals surface area contributed by atoms with Gasteiger partial charge in [-0.1, -0.05) is 24.6 Å². The van der Waals surface area contributed by atoms with Gasteiger partial charge >= 0.3 is 0 Å². The maximum atomic E-state index is 12.6. The number of carbonyl (C=O) groups is 1. The van der Waals surface area contributed by atoms with Gasteiger partial charge in [-0.15, -0.1) is 0 Å². The predicted octanol–water partition coefficient (Wildman–Crippen LogP) is 1.80. The smallest absolute Gasteiger partial charge is 0.243 e. The lowest BCUT2D eigenvalue weighted by molar-refractivity contribution is -0.121. The standard InChI is InChI=1S/C13H19ClN2O3S/c1-4-15-13(17)9-16(5-2)20(18,19)12-8-11(14)7-6-10(12)3/h6-8H,4-5,9H2,1-3H3,(H,15,17). The lowest BCUT2D eigenvalue weighted by atomic mass is 10.2. The van der Waals surface area contributed by atoms with Gasteiger partial charge in [0.25, 0.3) is 0 Å². The van der Waals surface area contributed by atoms with Gasteiger partial charge in [-0.2, -0.15) is 4.31 Å². The number of nitrogens with zero attached hydrogens (tertiary/aromatic N) is 1. The summed E-state index contributed by atoms with van der Waals surface area (Å²) in [5, 5.41) is 2.94. The Kier molecular flexibility index (Phi) is 5.98. The summed E-state index contributed by atoms with van der Waals surface area (Å²) in [4.78, 5) is 11.7. The first-order valence-electron chi connectivity index (χ1n) is 6.35. The van der Waals surface area contributed by atoms with Crippen molar-refractivity contribution < 1.29 is 13.2 Å². The van der Waals surface area contributed by atoms with Crippen molar-refractivity contribution in [3.8, 4) is 0 Å². The van der Waals surface area contributed by atoms with Gasteiger partial charge in [0.05, 0.1) is 11.4 Å². The van der Waals surface area contributed by atoms with Gasteiger partial charge in [-0.3, -0.25) is 4.79 Å². The maximum Gasteiger partial charge on any atom is 0.243 e. The number of halogens is 1. The molecule has 0 aliphatic heterocycles. The Morgan fingerprint density at radius 3 is 2.55 bits per heavy atom. The molecule has 0 radical (unpaired) electrons. The van der Waals surface area contributed by atoms with Gasteiger partial charge in [0.15, 0.2) is 0 Å². The van der Waals surface area contributed by atoms with Crippen LogP contribution in [0.15, 0.2) is 23.1 Å². The van der Waals surface area contributed by atoms with Crippen LogP contribution in [0.25, 0.3) is 0 Å². The molecule has 20 heavy (non-hydrogen) atoms. The fourth-order valence-electron chi connectivity index (χ4n) is 1.77. The largest absolute Gasteiger partial charge is 0.355 e. The quantitative estimate of drug-likeness (QED) is 0.869. The molecule has 0 saturated heterocycles. The normalized spacial score (nSPS) is 11.7. The Morgan fingerprint density at radius 1 is 1.35 bits per heavy atom. The summed E-state index contributed by atoms with van der Waals surface area (Å²) in [6, 6.07) is 4.69. The van der Waals surface area contributed by atoms with E-state index >= 15 is 0 Å². The summed E-state index contributed by atoms with van der Waals surface area (Å²) in [6.07, 6.45) is 0. The van der Waals surface area contributed by atoms with Gasteiger partial charge in [0.1, 0.15) is 0 Å². The van der Waals surface area contributed by atoms with Crippen molar-refractivity contribution in [2.45, 2.75) is 25.7 Å². The second-order valence-corrected chi connectivity index (χ2v) is 6.64. The number of carbonyl (C=O) groups excluding carboxylic acids is 1. The van der Waals surface area contributed by atoms with Crippen LogP contribution >= 0.6 is 11.6 Å². The highest BCUT2D eigenvalue weighted by atomic mass is 35.5. The number of nitrogens with one attached hydrogen (secondary N) is 1. The number of benzene rings is 1. The molecule has 0 heterocycles. The molecule has 1 aromatic carbocycles. The molecule has 7 heteroatoms. The molecule has 0 fully saturated rings. The summed E-state index contributed by atoms with van der Waals surface area (Å²) in [7, 11) is -3.73. The molecule has 112 valence electrons. The molecule has 0 bridgehead atoms. The van der Waals surface area contributed by atoms with Gasteiger partial charge < -0.3 is 5.32 Å². The van der Waals surface area contributed by atoms with Gasteiger partial charge in [-0.25, -0.2) is 8.42 Å². The molecule has 0 aromatic heterocycles. The molecule has 0 spiro atoms. The van der Waals surface area contributed by atoms with Crippen molar-refractivity contribution >= 4 is 27.5 Å². The molecule has 1 rings (SSSR count). The van der Waals surface area contributed by atoms with E-state index in [0.717, 1.165) is 4.31 Å². The third kappa shape index (κ3) is 3.94. The van der Waals surface area contributed by atoms with Gasteiger partial charge in [0, 0.05) is 18.1 Å². The molecule has 1 amide bonds. The number of hydrogen-bond donors (Lipinski definition) is 1. The monoisotopic (exact) mass is 318 g/mol. The van der Waals surface area contributed by atoms with Crippen LogP contribution in [-0.2, 0) is 14.8 Å². The fourth-order valence-corrected chi connectivity index (χ4v) is 3.66. The Morgan fingerprint density at radius 2 is 2.00 bits per heavy atom. The van der Waals surface area contributed by atoms with Gasteiger partial charge in [-0.05, 0) is 31.5 Å². The Balaban J connectivity index is 3.12. The minimum absolute atomic E-state index is 0.135. The predicted molar refractivity (Wildman–Crippen MR) is 79.3 cm³/mol. The molecular weight excluding hydrogens is 300 g/mol. The van der Waals surface area contributed by atoms with Crippen LogP contribution in [-0.4, -0.2) is 38.3 Å². The zero-order valence-electron chi connectivity index (χ0n) is 11.8. The average Bonchev–Trinajstić information content (AvgIpc) is 2.38. The third-order valence-electron chi connectivity index (χ3n) is 2.81. The van der Waals surface area contributed by atoms with Crippen molar-refractivity contribution in [3.63, 3.8) is 0 Å². The van der Waals surface area contributed by atoms with E-state index in [9.17, 15) is 13.2 Å². The first kappa shape index (κ1) is 16.9. The van der Waals surface area contributed by atoms with Crippen molar-refractivity contribution in [2.24, 2.45) is 0 Å². The summed E-state index contributed by atoms with van der Waals surface area (Å²) in [6.45, 7) is 5.65. The second-order valence-electron chi connectivity index (χ2n) is 4.29. The van der Waals surface area contributed by atoms with Crippen LogP contribution in [0.4, 0.5) is 0 Å². The van der Waals surface area contributed by atoms with Crippen LogP contribution in [0.5, 0.6) is 0 Å². The Labute approximate surface area is 125 Å². The Hall–Kier alpha value is -1.11. The zero-order valence-corrected chi connectivity index (χ0v) is 13.4. The molecule has 1 N–H and O–H groups in total. The van der Waals surface area contributed by atoms with Crippen molar-refractivity contribution in [3.05, 3.63) is 28.8 Å². The number of rotatable bonds is 6. The Bertz CT molecular complexity index is 587. The van der Waals surface area contributed by atoms with E-state index in [0.29, 0.717) is 17.1 Å². The second kappa shape index (κ2) is 7.06. The summed E-state index contributed by atoms with van der Waals surface area (Å²) in [5.74, 6) is -0.322. The van der Waals surface area contributed by atoms with E-state index in [1.807, 2.05) is 0 Å². The van der Waals surface area contributed by atoms with Crippen LogP contribution in [0.3, 0.4) is 0 Å². The summed E-state index contributed by atoms with van der Waals surface area (Å²) < 4.78 is 26.3. The third-order valence-corrected chi connectivity index (χ3v) is 5.11. The SMILES string of the molecule is CCNC(=O)CN(CC)S(=O)(=O)c1cc(Cl)ccc1C. The molecule has 0 aliphatic carbocycles. The minimum Gasteiger partial charge on any atom is -0.355 e. The van der Waals surface area contributed by atoms with Crippen molar-refractivity contribution in [1.29, 1.82) is 0 Å². The highest BCUT2D eigenvalue weighted by Gasteiger charge is 2.26. The number of sulfonamides is 1. The first-order valence-corrected chi connectivity index (χ1v) is 8.17. The lowest BCUT2D eigenvalue weighted by Crippen LogP contribution is -2.40. The highest BCUT2D eigenvalue weighted by Crippen LogP contribution is 2.23.